The lowest BCUT2D eigenvalue weighted by Gasteiger charge is -2.39. The minimum Gasteiger partial charge on any atom is -0.487 e. The van der Waals surface area contributed by atoms with Gasteiger partial charge in [0.05, 0.1) is 24.7 Å². The van der Waals surface area contributed by atoms with Crippen molar-refractivity contribution in [2.75, 3.05) is 18.0 Å². The number of fused-ring (bicyclic) bond motifs is 1. The molecule has 1 aliphatic rings. The highest BCUT2D eigenvalue weighted by Crippen LogP contribution is 2.33. The first-order valence-electron chi connectivity index (χ1n) is 10.9. The lowest BCUT2D eigenvalue weighted by atomic mass is 10.1. The number of nitriles is 2. The third-order valence-electron chi connectivity index (χ3n) is 5.80. The van der Waals surface area contributed by atoms with Gasteiger partial charge in [0.15, 0.2) is 5.52 Å². The second-order valence-electron chi connectivity index (χ2n) is 8.31. The molecule has 0 aliphatic carbocycles. The number of rotatable bonds is 4. The monoisotopic (exact) mass is 522 g/mol. The summed E-state index contributed by atoms with van der Waals surface area (Å²) in [4.78, 5) is 30.4. The van der Waals surface area contributed by atoms with Crippen LogP contribution < -0.4 is 15.2 Å². The van der Waals surface area contributed by atoms with Crippen LogP contribution in [-0.4, -0.2) is 43.7 Å². The summed E-state index contributed by atoms with van der Waals surface area (Å²) >= 11 is 0. The molecule has 190 valence electrons. The normalized spacial score (nSPS) is 13.6. The molecule has 0 N–H and O–H groups in total. The molecule has 38 heavy (non-hydrogen) atoms. The van der Waals surface area contributed by atoms with Crippen molar-refractivity contribution in [3.8, 4) is 29.1 Å². The number of hydrogen-bond donors (Lipinski definition) is 0. The van der Waals surface area contributed by atoms with Gasteiger partial charge in [-0.2, -0.15) is 23.7 Å². The molecule has 1 saturated heterocycles. The summed E-state index contributed by atoms with van der Waals surface area (Å²) in [6.45, 7) is 0.471. The predicted molar refractivity (Wildman–Crippen MR) is 123 cm³/mol. The molecule has 3 aromatic heterocycles. The molecule has 0 atom stereocenters. The molecule has 10 nitrogen and oxygen atoms in total. The second kappa shape index (κ2) is 9.08. The quantitative estimate of drug-likeness (QED) is 0.371. The van der Waals surface area contributed by atoms with E-state index in [-0.39, 0.29) is 47.7 Å². The Kier molecular flexibility index (Phi) is 5.87. The van der Waals surface area contributed by atoms with Crippen LogP contribution in [0.1, 0.15) is 17.1 Å². The smallest absolute Gasteiger partial charge is 0.449 e. The summed E-state index contributed by atoms with van der Waals surface area (Å²) in [6.07, 6.45) is -3.90. The van der Waals surface area contributed by atoms with Gasteiger partial charge in [-0.05, 0) is 24.3 Å². The summed E-state index contributed by atoms with van der Waals surface area (Å²) < 4.78 is 61.9. The molecular formula is C24H14F4N8O2. The standard InChI is InChI=1S/C24H14F4N8O2/c1-35-21(37)20-19(32-22(35)24(26,27)28)18(16-3-2-12(8-29)6-17(16)25)33-23(34-20)36-10-15(11-36)38-14-4-5-31-13(7-14)9-30/h2-7,15H,10-11H2,1H3. The fourth-order valence-corrected chi connectivity index (χ4v) is 3.91. The van der Waals surface area contributed by atoms with Gasteiger partial charge in [-0.3, -0.25) is 9.36 Å². The largest absolute Gasteiger partial charge is 0.487 e. The number of nitrogens with zero attached hydrogens (tertiary/aromatic N) is 8. The molecule has 0 spiro atoms. The van der Waals surface area contributed by atoms with E-state index in [1.54, 1.807) is 17.0 Å². The predicted octanol–water partition coefficient (Wildman–Crippen LogP) is 2.95. The van der Waals surface area contributed by atoms with Crippen LogP contribution in [0, 0.1) is 28.5 Å². The third-order valence-corrected chi connectivity index (χ3v) is 5.80. The zero-order chi connectivity index (χ0) is 27.2. The van der Waals surface area contributed by atoms with Crippen molar-refractivity contribution in [3.63, 3.8) is 0 Å². The first-order chi connectivity index (χ1) is 18.1. The molecule has 0 saturated carbocycles. The van der Waals surface area contributed by atoms with Crippen molar-refractivity contribution < 1.29 is 22.3 Å². The van der Waals surface area contributed by atoms with Gasteiger partial charge in [0, 0.05) is 24.9 Å². The highest BCUT2D eigenvalue weighted by atomic mass is 19.4. The van der Waals surface area contributed by atoms with E-state index in [4.69, 9.17) is 15.3 Å². The first-order valence-corrected chi connectivity index (χ1v) is 10.9. The van der Waals surface area contributed by atoms with Gasteiger partial charge in [-0.1, -0.05) is 0 Å². The van der Waals surface area contributed by atoms with Crippen LogP contribution in [0.5, 0.6) is 5.75 Å². The Hall–Kier alpha value is -5.11. The minimum atomic E-state index is -4.97. The van der Waals surface area contributed by atoms with E-state index in [2.05, 4.69) is 19.9 Å². The van der Waals surface area contributed by atoms with E-state index in [1.165, 1.54) is 24.4 Å². The molecule has 1 aromatic carbocycles. The topological polar surface area (TPSA) is 134 Å². The van der Waals surface area contributed by atoms with Gasteiger partial charge in [0.1, 0.15) is 40.6 Å². The molecule has 4 heterocycles. The van der Waals surface area contributed by atoms with Crippen LogP contribution in [0.3, 0.4) is 0 Å². The van der Waals surface area contributed by atoms with Gasteiger partial charge in [-0.15, -0.1) is 0 Å². The van der Waals surface area contributed by atoms with E-state index in [1.807, 2.05) is 6.07 Å². The zero-order valence-electron chi connectivity index (χ0n) is 19.4. The van der Waals surface area contributed by atoms with Crippen molar-refractivity contribution in [3.05, 3.63) is 69.8 Å². The Bertz CT molecular complexity index is 1730. The summed E-state index contributed by atoms with van der Waals surface area (Å²) in [5.74, 6) is -2.05. The molecule has 1 aliphatic heterocycles. The van der Waals surface area contributed by atoms with Gasteiger partial charge in [-0.25, -0.2) is 24.3 Å². The number of pyridine rings is 1. The first kappa shape index (κ1) is 24.6. The highest BCUT2D eigenvalue weighted by molar-refractivity contribution is 5.90. The fourth-order valence-electron chi connectivity index (χ4n) is 3.91. The van der Waals surface area contributed by atoms with Crippen molar-refractivity contribution in [2.45, 2.75) is 12.3 Å². The number of aromatic nitrogens is 5. The molecule has 1 fully saturated rings. The lowest BCUT2D eigenvalue weighted by molar-refractivity contribution is -0.147. The van der Waals surface area contributed by atoms with E-state index >= 15 is 0 Å². The molecule has 0 bridgehead atoms. The summed E-state index contributed by atoms with van der Waals surface area (Å²) in [5, 5.41) is 18.0. The zero-order valence-corrected chi connectivity index (χ0v) is 19.4. The SMILES string of the molecule is Cn1c(C(F)(F)F)nc2c(-c3ccc(C#N)cc3F)nc(N3CC(Oc4ccnc(C#N)c4)C3)nc2c1=O. The second-order valence-corrected chi connectivity index (χ2v) is 8.31. The number of benzene rings is 1. The molecule has 14 heteroatoms. The van der Waals surface area contributed by atoms with E-state index in [0.717, 1.165) is 13.1 Å². The van der Waals surface area contributed by atoms with Crippen molar-refractivity contribution >= 4 is 17.0 Å². The van der Waals surface area contributed by atoms with Gasteiger partial charge in [0.2, 0.25) is 11.8 Å². The van der Waals surface area contributed by atoms with E-state index in [0.29, 0.717) is 10.3 Å². The van der Waals surface area contributed by atoms with Crippen LogP contribution in [0.4, 0.5) is 23.5 Å². The molecule has 0 radical (unpaired) electrons. The Morgan fingerprint density at radius 1 is 1.05 bits per heavy atom. The molecule has 5 rings (SSSR count). The van der Waals surface area contributed by atoms with Gasteiger partial charge >= 0.3 is 6.18 Å². The van der Waals surface area contributed by atoms with Crippen LogP contribution in [-0.2, 0) is 13.2 Å². The maximum absolute atomic E-state index is 15.0. The maximum Gasteiger partial charge on any atom is 0.449 e. The number of alkyl halides is 3. The Morgan fingerprint density at radius 3 is 2.47 bits per heavy atom. The lowest BCUT2D eigenvalue weighted by Crippen LogP contribution is -2.54. The van der Waals surface area contributed by atoms with Crippen LogP contribution in [0.15, 0.2) is 41.3 Å². The van der Waals surface area contributed by atoms with Gasteiger partial charge in [0.25, 0.3) is 5.56 Å². The fraction of sp³-hybridized carbons (Fsp3) is 0.208. The van der Waals surface area contributed by atoms with Crippen molar-refractivity contribution in [1.82, 2.24) is 24.5 Å². The Balaban J connectivity index is 1.58. The third kappa shape index (κ3) is 4.32. The van der Waals surface area contributed by atoms with E-state index < -0.39 is 34.4 Å². The van der Waals surface area contributed by atoms with Crippen LogP contribution in [0.2, 0.25) is 0 Å². The summed E-state index contributed by atoms with van der Waals surface area (Å²) in [7, 11) is 0.916. The average Bonchev–Trinajstić information content (AvgIpc) is 2.87. The number of halogens is 4. The number of hydrogen-bond acceptors (Lipinski definition) is 9. The van der Waals surface area contributed by atoms with Crippen molar-refractivity contribution in [2.24, 2.45) is 7.05 Å². The molecule has 0 amide bonds. The summed E-state index contributed by atoms with van der Waals surface area (Å²) in [6, 6.07) is 10.1. The van der Waals surface area contributed by atoms with Crippen LogP contribution >= 0.6 is 0 Å². The number of anilines is 1. The van der Waals surface area contributed by atoms with Crippen molar-refractivity contribution in [1.29, 1.82) is 10.5 Å². The Labute approximate surface area is 211 Å². The highest BCUT2D eigenvalue weighted by Gasteiger charge is 2.38. The molecule has 4 aromatic rings. The number of ether oxygens (including phenoxy) is 1. The maximum atomic E-state index is 15.0. The minimum absolute atomic E-state index is 0.0110. The van der Waals surface area contributed by atoms with Gasteiger partial charge < -0.3 is 9.64 Å². The average molecular weight is 522 g/mol. The molecule has 0 unspecified atom stereocenters. The molecular weight excluding hydrogens is 508 g/mol. The van der Waals surface area contributed by atoms with E-state index in [9.17, 15) is 22.4 Å². The Morgan fingerprint density at radius 2 is 1.82 bits per heavy atom. The summed E-state index contributed by atoms with van der Waals surface area (Å²) in [5.41, 5.74) is -2.46. The van der Waals surface area contributed by atoms with Crippen LogP contribution in [0.25, 0.3) is 22.3 Å².